The fourth-order valence-electron chi connectivity index (χ4n) is 1.38. The van der Waals surface area contributed by atoms with E-state index in [4.69, 9.17) is 15.9 Å². The van der Waals surface area contributed by atoms with Gasteiger partial charge in [0.15, 0.2) is 5.54 Å². The number of aliphatic hydroxyl groups excluding tert-OH is 2. The first-order chi connectivity index (χ1) is 8.32. The van der Waals surface area contributed by atoms with Crippen LogP contribution in [0, 0.1) is 10.1 Å². The maximum atomic E-state index is 10.9. The molecule has 0 aromatic heterocycles. The molecule has 0 fully saturated rings. The van der Waals surface area contributed by atoms with Crippen LogP contribution in [0.5, 0.6) is 0 Å². The molecule has 0 heterocycles. The van der Waals surface area contributed by atoms with Gasteiger partial charge in [0.25, 0.3) is 5.69 Å². The van der Waals surface area contributed by atoms with Crippen molar-refractivity contribution >= 4 is 11.7 Å². The Labute approximate surface area is 101 Å². The number of aliphatic carboxylic acids is 1. The minimum atomic E-state index is -2.31. The molecule has 0 aliphatic carbocycles. The number of carbonyl (C=O) groups is 1. The number of benzene rings is 1. The maximum Gasteiger partial charge on any atom is 0.329 e. The van der Waals surface area contributed by atoms with E-state index < -0.39 is 29.1 Å². The van der Waals surface area contributed by atoms with Gasteiger partial charge in [0.05, 0.1) is 11.5 Å². The molecule has 18 heavy (non-hydrogen) atoms. The highest BCUT2D eigenvalue weighted by Gasteiger charge is 2.42. The molecule has 2 unspecified atom stereocenters. The second kappa shape index (κ2) is 5.08. The first-order valence-electron chi connectivity index (χ1n) is 4.88. The highest BCUT2D eigenvalue weighted by atomic mass is 16.6. The number of aliphatic hydroxyl groups is 2. The predicted octanol–water partition coefficient (Wildman–Crippen LogP) is -0.597. The molecule has 8 nitrogen and oxygen atoms in total. The minimum absolute atomic E-state index is 0.0526. The van der Waals surface area contributed by atoms with Crippen LogP contribution in [-0.2, 0) is 4.79 Å². The van der Waals surface area contributed by atoms with E-state index >= 15 is 0 Å². The third kappa shape index (κ3) is 2.45. The van der Waals surface area contributed by atoms with Crippen LogP contribution in [0.4, 0.5) is 5.69 Å². The zero-order valence-electron chi connectivity index (χ0n) is 9.18. The lowest BCUT2D eigenvalue weighted by molar-refractivity contribution is -0.385. The standard InChI is InChI=1S/C10H12N2O6/c11-10(5-13,9(15)16)8(14)6-2-1-3-7(4-6)12(17)18/h1-4,8,13-14H,5,11H2,(H,15,16). The SMILES string of the molecule is NC(CO)(C(=O)O)C(O)c1cccc([N+](=O)[O-])c1. The summed E-state index contributed by atoms with van der Waals surface area (Å²) in [5.74, 6) is -1.61. The van der Waals surface area contributed by atoms with Gasteiger partial charge < -0.3 is 21.1 Å². The second-order valence-electron chi connectivity index (χ2n) is 3.76. The lowest BCUT2D eigenvalue weighted by atomic mass is 9.89. The molecule has 0 aliphatic rings. The van der Waals surface area contributed by atoms with Gasteiger partial charge in [0, 0.05) is 12.1 Å². The van der Waals surface area contributed by atoms with Crippen molar-refractivity contribution in [1.29, 1.82) is 0 Å². The first-order valence-corrected chi connectivity index (χ1v) is 4.88. The summed E-state index contributed by atoms with van der Waals surface area (Å²) in [6.07, 6.45) is -1.76. The van der Waals surface area contributed by atoms with Gasteiger partial charge in [0.2, 0.25) is 0 Å². The smallest absolute Gasteiger partial charge is 0.329 e. The maximum absolute atomic E-state index is 10.9. The lowest BCUT2D eigenvalue weighted by Crippen LogP contribution is -2.56. The van der Waals surface area contributed by atoms with Gasteiger partial charge in [0.1, 0.15) is 6.10 Å². The quantitative estimate of drug-likeness (QED) is 0.406. The van der Waals surface area contributed by atoms with E-state index in [0.717, 1.165) is 6.07 Å². The van der Waals surface area contributed by atoms with Crippen LogP contribution in [0.15, 0.2) is 24.3 Å². The molecular formula is C10H12N2O6. The zero-order chi connectivity index (χ0) is 13.9. The van der Waals surface area contributed by atoms with Gasteiger partial charge in [-0.3, -0.25) is 14.9 Å². The molecule has 0 radical (unpaired) electrons. The third-order valence-corrected chi connectivity index (χ3v) is 2.54. The van der Waals surface area contributed by atoms with Crippen molar-refractivity contribution in [3.05, 3.63) is 39.9 Å². The molecule has 0 amide bonds. The Morgan fingerprint density at radius 3 is 2.61 bits per heavy atom. The van der Waals surface area contributed by atoms with Gasteiger partial charge >= 0.3 is 5.97 Å². The van der Waals surface area contributed by atoms with Crippen molar-refractivity contribution in [3.8, 4) is 0 Å². The lowest BCUT2D eigenvalue weighted by Gasteiger charge is -2.28. The summed E-state index contributed by atoms with van der Waals surface area (Å²) in [4.78, 5) is 20.8. The monoisotopic (exact) mass is 256 g/mol. The summed E-state index contributed by atoms with van der Waals surface area (Å²) >= 11 is 0. The summed E-state index contributed by atoms with van der Waals surface area (Å²) in [6, 6.07) is 4.77. The largest absolute Gasteiger partial charge is 0.480 e. The van der Waals surface area contributed by atoms with Crippen LogP contribution in [0.3, 0.4) is 0 Å². The average Bonchev–Trinajstić information content (AvgIpc) is 2.36. The summed E-state index contributed by atoms with van der Waals surface area (Å²) in [5, 5.41) is 38.2. The molecule has 1 aromatic rings. The van der Waals surface area contributed by atoms with Crippen molar-refractivity contribution in [2.45, 2.75) is 11.6 Å². The zero-order valence-corrected chi connectivity index (χ0v) is 9.18. The molecule has 2 atom stereocenters. The Hall–Kier alpha value is -2.03. The second-order valence-corrected chi connectivity index (χ2v) is 3.76. The van der Waals surface area contributed by atoms with Crippen molar-refractivity contribution in [1.82, 2.24) is 0 Å². The van der Waals surface area contributed by atoms with Crippen molar-refractivity contribution in [3.63, 3.8) is 0 Å². The molecule has 98 valence electrons. The van der Waals surface area contributed by atoms with Crippen LogP contribution >= 0.6 is 0 Å². The van der Waals surface area contributed by atoms with Crippen molar-refractivity contribution < 1.29 is 25.0 Å². The number of hydrogen-bond donors (Lipinski definition) is 4. The van der Waals surface area contributed by atoms with Gasteiger partial charge in [-0.25, -0.2) is 0 Å². The Balaban J connectivity index is 3.17. The molecule has 0 aliphatic heterocycles. The van der Waals surface area contributed by atoms with Gasteiger partial charge in [-0.05, 0) is 5.56 Å². The highest BCUT2D eigenvalue weighted by Crippen LogP contribution is 2.26. The highest BCUT2D eigenvalue weighted by molar-refractivity contribution is 5.80. The number of non-ortho nitro benzene ring substituents is 1. The van der Waals surface area contributed by atoms with Crippen molar-refractivity contribution in [2.24, 2.45) is 5.73 Å². The normalized spacial score (nSPS) is 15.7. The van der Waals surface area contributed by atoms with Crippen LogP contribution in [0.1, 0.15) is 11.7 Å². The summed E-state index contributed by atoms with van der Waals surface area (Å²) in [6.45, 7) is -1.01. The number of nitro benzene ring substituents is 1. The van der Waals surface area contributed by atoms with Crippen LogP contribution in [0.2, 0.25) is 0 Å². The summed E-state index contributed by atoms with van der Waals surface area (Å²) < 4.78 is 0. The minimum Gasteiger partial charge on any atom is -0.480 e. The Morgan fingerprint density at radius 2 is 2.17 bits per heavy atom. The van der Waals surface area contributed by atoms with E-state index in [2.05, 4.69) is 0 Å². The van der Waals surface area contributed by atoms with E-state index in [1.54, 1.807) is 0 Å². The van der Waals surface area contributed by atoms with Crippen LogP contribution in [-0.4, -0.2) is 38.4 Å². The van der Waals surface area contributed by atoms with Gasteiger partial charge in [-0.2, -0.15) is 0 Å². The average molecular weight is 256 g/mol. The molecule has 0 saturated heterocycles. The Morgan fingerprint density at radius 1 is 1.56 bits per heavy atom. The number of nitrogens with zero attached hydrogens (tertiary/aromatic N) is 1. The summed E-state index contributed by atoms with van der Waals surface area (Å²) in [7, 11) is 0. The topological polar surface area (TPSA) is 147 Å². The van der Waals surface area contributed by atoms with Crippen molar-refractivity contribution in [2.75, 3.05) is 6.61 Å². The third-order valence-electron chi connectivity index (χ3n) is 2.54. The number of carboxylic acid groups (broad SMARTS) is 1. The molecule has 0 bridgehead atoms. The number of rotatable bonds is 5. The first kappa shape index (κ1) is 14.0. The molecule has 1 rings (SSSR count). The number of nitrogens with two attached hydrogens (primary N) is 1. The number of hydrogen-bond acceptors (Lipinski definition) is 6. The Kier molecular flexibility index (Phi) is 3.96. The molecular weight excluding hydrogens is 244 g/mol. The van der Waals surface area contributed by atoms with Crippen LogP contribution < -0.4 is 5.73 Å². The van der Waals surface area contributed by atoms with E-state index in [0.29, 0.717) is 0 Å². The van der Waals surface area contributed by atoms with E-state index in [-0.39, 0.29) is 11.3 Å². The molecule has 5 N–H and O–H groups in total. The number of nitro groups is 1. The fourth-order valence-corrected chi connectivity index (χ4v) is 1.38. The molecule has 0 saturated carbocycles. The predicted molar refractivity (Wildman–Crippen MR) is 59.7 cm³/mol. The summed E-state index contributed by atoms with van der Waals surface area (Å²) in [5.41, 5.74) is 2.70. The number of carboxylic acids is 1. The molecule has 1 aromatic carbocycles. The molecule has 8 heteroatoms. The molecule has 0 spiro atoms. The van der Waals surface area contributed by atoms with Gasteiger partial charge in [-0.1, -0.05) is 12.1 Å². The van der Waals surface area contributed by atoms with E-state index in [1.165, 1.54) is 18.2 Å². The van der Waals surface area contributed by atoms with Gasteiger partial charge in [-0.15, -0.1) is 0 Å². The van der Waals surface area contributed by atoms with E-state index in [1.807, 2.05) is 0 Å². The Bertz CT molecular complexity index is 477. The van der Waals surface area contributed by atoms with Crippen LogP contribution in [0.25, 0.3) is 0 Å². The fraction of sp³-hybridized carbons (Fsp3) is 0.300. The van der Waals surface area contributed by atoms with E-state index in [9.17, 15) is 20.0 Å².